The SMILES string of the molecule is COCc1nnc(Sc2nc3ccc(S(C)(=O)=O)cc3s2)s1. The van der Waals surface area contributed by atoms with Crippen molar-refractivity contribution < 1.29 is 13.2 Å². The molecule has 2 heterocycles. The van der Waals surface area contributed by atoms with Crippen LogP contribution in [-0.4, -0.2) is 37.0 Å². The Hall–Kier alpha value is -1.07. The molecule has 0 aliphatic carbocycles. The van der Waals surface area contributed by atoms with Crippen LogP contribution in [0, 0.1) is 0 Å². The molecule has 0 N–H and O–H groups in total. The van der Waals surface area contributed by atoms with E-state index < -0.39 is 9.84 Å². The summed E-state index contributed by atoms with van der Waals surface area (Å²) in [6.45, 7) is 0.440. The lowest BCUT2D eigenvalue weighted by molar-refractivity contribution is 0.184. The summed E-state index contributed by atoms with van der Waals surface area (Å²) in [5.74, 6) is 0. The fraction of sp³-hybridized carbons (Fsp3) is 0.250. The molecule has 0 fully saturated rings. The zero-order chi connectivity index (χ0) is 15.7. The highest BCUT2D eigenvalue weighted by Gasteiger charge is 2.13. The Morgan fingerprint density at radius 1 is 1.23 bits per heavy atom. The lowest BCUT2D eigenvalue weighted by Gasteiger charge is -1.96. The van der Waals surface area contributed by atoms with Crippen LogP contribution >= 0.6 is 34.4 Å². The Balaban J connectivity index is 1.88. The van der Waals surface area contributed by atoms with Gasteiger partial charge in [-0.2, -0.15) is 0 Å². The van der Waals surface area contributed by atoms with Crippen LogP contribution in [0.4, 0.5) is 0 Å². The van der Waals surface area contributed by atoms with Crippen LogP contribution in [0.1, 0.15) is 5.01 Å². The molecule has 0 aliphatic rings. The molecule has 22 heavy (non-hydrogen) atoms. The quantitative estimate of drug-likeness (QED) is 0.680. The average Bonchev–Trinajstić information content (AvgIpc) is 3.03. The number of aromatic nitrogens is 3. The summed E-state index contributed by atoms with van der Waals surface area (Å²) in [4.78, 5) is 4.78. The highest BCUT2D eigenvalue weighted by Crippen LogP contribution is 2.36. The molecule has 0 saturated carbocycles. The molecule has 0 saturated heterocycles. The highest BCUT2D eigenvalue weighted by atomic mass is 32.2. The minimum absolute atomic E-state index is 0.304. The van der Waals surface area contributed by atoms with Crippen molar-refractivity contribution in [1.82, 2.24) is 15.2 Å². The molecule has 3 aromatic rings. The van der Waals surface area contributed by atoms with Crippen molar-refractivity contribution in [3.05, 3.63) is 23.2 Å². The molecular weight excluding hydrogens is 362 g/mol. The molecule has 0 bridgehead atoms. The van der Waals surface area contributed by atoms with Gasteiger partial charge in [-0.15, -0.1) is 21.5 Å². The summed E-state index contributed by atoms with van der Waals surface area (Å²) in [7, 11) is -1.60. The third-order valence-corrected chi connectivity index (χ3v) is 6.80. The monoisotopic (exact) mass is 373 g/mol. The number of hydrogen-bond acceptors (Lipinski definition) is 9. The molecule has 0 radical (unpaired) electrons. The number of rotatable bonds is 5. The highest BCUT2D eigenvalue weighted by molar-refractivity contribution is 8.02. The average molecular weight is 374 g/mol. The van der Waals surface area contributed by atoms with Crippen molar-refractivity contribution in [2.75, 3.05) is 13.4 Å². The number of fused-ring (bicyclic) bond motifs is 1. The van der Waals surface area contributed by atoms with E-state index in [1.165, 1.54) is 40.7 Å². The zero-order valence-corrected chi connectivity index (χ0v) is 14.9. The summed E-state index contributed by atoms with van der Waals surface area (Å²) in [6.07, 6.45) is 1.20. The van der Waals surface area contributed by atoms with Crippen molar-refractivity contribution in [3.63, 3.8) is 0 Å². The molecule has 116 valence electrons. The summed E-state index contributed by atoms with van der Waals surface area (Å²) in [5.41, 5.74) is 0.779. The van der Waals surface area contributed by atoms with Crippen LogP contribution in [0.25, 0.3) is 10.2 Å². The van der Waals surface area contributed by atoms with Crippen LogP contribution in [0.5, 0.6) is 0 Å². The maximum Gasteiger partial charge on any atom is 0.181 e. The number of ether oxygens (including phenoxy) is 1. The van der Waals surface area contributed by atoms with E-state index in [2.05, 4.69) is 15.2 Å². The van der Waals surface area contributed by atoms with E-state index in [9.17, 15) is 8.42 Å². The van der Waals surface area contributed by atoms with E-state index in [0.29, 0.717) is 11.5 Å². The van der Waals surface area contributed by atoms with Gasteiger partial charge in [0.15, 0.2) is 18.5 Å². The molecule has 3 rings (SSSR count). The van der Waals surface area contributed by atoms with E-state index >= 15 is 0 Å². The Morgan fingerprint density at radius 2 is 2.05 bits per heavy atom. The lowest BCUT2D eigenvalue weighted by atomic mass is 10.3. The molecule has 0 spiro atoms. The van der Waals surface area contributed by atoms with Crippen molar-refractivity contribution in [3.8, 4) is 0 Å². The Labute approximate surface area is 139 Å². The molecule has 1 aromatic carbocycles. The van der Waals surface area contributed by atoms with Gasteiger partial charge in [-0.05, 0) is 30.0 Å². The van der Waals surface area contributed by atoms with Crippen molar-refractivity contribution in [1.29, 1.82) is 0 Å². The van der Waals surface area contributed by atoms with E-state index in [0.717, 1.165) is 23.9 Å². The van der Waals surface area contributed by atoms with Gasteiger partial charge in [0.05, 0.1) is 21.7 Å². The fourth-order valence-corrected chi connectivity index (χ4v) is 5.59. The lowest BCUT2D eigenvalue weighted by Crippen LogP contribution is -1.95. The van der Waals surface area contributed by atoms with Crippen molar-refractivity contribution in [2.24, 2.45) is 0 Å². The number of hydrogen-bond donors (Lipinski definition) is 0. The molecule has 2 aromatic heterocycles. The third kappa shape index (κ3) is 3.46. The smallest absolute Gasteiger partial charge is 0.181 e. The van der Waals surface area contributed by atoms with E-state index in [1.807, 2.05) is 0 Å². The van der Waals surface area contributed by atoms with Crippen molar-refractivity contribution in [2.45, 2.75) is 20.2 Å². The topological polar surface area (TPSA) is 82.0 Å². The van der Waals surface area contributed by atoms with Gasteiger partial charge in [0.25, 0.3) is 0 Å². The second-order valence-corrected chi connectivity index (χ2v) is 9.98. The van der Waals surface area contributed by atoms with Crippen LogP contribution < -0.4 is 0 Å². The number of methoxy groups -OCH3 is 1. The molecule has 10 heteroatoms. The normalized spacial score (nSPS) is 12.1. The van der Waals surface area contributed by atoms with Gasteiger partial charge in [0, 0.05) is 13.4 Å². The molecule has 0 aliphatic heterocycles. The van der Waals surface area contributed by atoms with Crippen LogP contribution in [0.2, 0.25) is 0 Å². The van der Waals surface area contributed by atoms with Gasteiger partial charge in [0.2, 0.25) is 0 Å². The predicted octanol–water partition coefficient (Wildman–Crippen LogP) is 2.85. The number of nitrogens with zero attached hydrogens (tertiary/aromatic N) is 3. The number of benzene rings is 1. The molecule has 0 unspecified atom stereocenters. The van der Waals surface area contributed by atoms with Crippen LogP contribution in [0.15, 0.2) is 31.8 Å². The maximum atomic E-state index is 11.6. The Morgan fingerprint density at radius 3 is 2.77 bits per heavy atom. The van der Waals surface area contributed by atoms with Crippen molar-refractivity contribution >= 4 is 54.5 Å². The first-order valence-electron chi connectivity index (χ1n) is 6.05. The van der Waals surface area contributed by atoms with Gasteiger partial charge in [-0.3, -0.25) is 0 Å². The molecule has 0 amide bonds. The zero-order valence-electron chi connectivity index (χ0n) is 11.6. The summed E-state index contributed by atoms with van der Waals surface area (Å²) < 4.78 is 30.6. The first-order valence-corrected chi connectivity index (χ1v) is 10.4. The minimum atomic E-state index is -3.21. The van der Waals surface area contributed by atoms with Gasteiger partial charge < -0.3 is 4.74 Å². The largest absolute Gasteiger partial charge is 0.377 e. The molecule has 0 atom stereocenters. The fourth-order valence-electron chi connectivity index (χ4n) is 1.69. The molecule has 6 nitrogen and oxygen atoms in total. The third-order valence-electron chi connectivity index (χ3n) is 2.66. The number of sulfone groups is 1. The van der Waals surface area contributed by atoms with Crippen LogP contribution in [-0.2, 0) is 21.2 Å². The first-order chi connectivity index (χ1) is 10.5. The van der Waals surface area contributed by atoms with Crippen LogP contribution in [0.3, 0.4) is 0 Å². The van der Waals surface area contributed by atoms with Gasteiger partial charge in [-0.1, -0.05) is 11.3 Å². The number of thiazole rings is 1. The van der Waals surface area contributed by atoms with Gasteiger partial charge >= 0.3 is 0 Å². The minimum Gasteiger partial charge on any atom is -0.377 e. The maximum absolute atomic E-state index is 11.6. The summed E-state index contributed by atoms with van der Waals surface area (Å²) in [5, 5.41) is 8.91. The second-order valence-electron chi connectivity index (χ2n) is 4.38. The summed E-state index contributed by atoms with van der Waals surface area (Å²) in [6, 6.07) is 4.96. The predicted molar refractivity (Wildman–Crippen MR) is 87.5 cm³/mol. The summed E-state index contributed by atoms with van der Waals surface area (Å²) >= 11 is 4.32. The second kappa shape index (κ2) is 6.20. The van der Waals surface area contributed by atoms with E-state index in [-0.39, 0.29) is 0 Å². The Bertz CT molecular complexity index is 917. The molecular formula is C12H11N3O3S4. The Kier molecular flexibility index (Phi) is 4.46. The van der Waals surface area contributed by atoms with E-state index in [1.54, 1.807) is 25.3 Å². The van der Waals surface area contributed by atoms with E-state index in [4.69, 9.17) is 4.74 Å². The van der Waals surface area contributed by atoms with Gasteiger partial charge in [-0.25, -0.2) is 13.4 Å². The van der Waals surface area contributed by atoms with Gasteiger partial charge in [0.1, 0.15) is 5.01 Å². The standard InChI is InChI=1S/C12H11N3O3S4/c1-18-6-10-14-15-12(20-10)21-11-13-8-4-3-7(22(2,16)17)5-9(8)19-11/h3-5H,6H2,1-2H3. The first kappa shape index (κ1) is 15.8.